The highest BCUT2D eigenvalue weighted by molar-refractivity contribution is 5.81. The largest absolute Gasteiger partial charge is 0.394 e. The van der Waals surface area contributed by atoms with Gasteiger partial charge in [0.2, 0.25) is 5.91 Å². The van der Waals surface area contributed by atoms with Gasteiger partial charge in [0.25, 0.3) is 5.91 Å². The second kappa shape index (κ2) is 13.0. The van der Waals surface area contributed by atoms with E-state index in [-0.39, 0.29) is 6.54 Å². The molecule has 16 nitrogen and oxygen atoms in total. The first-order chi connectivity index (χ1) is 17.6. The molecule has 10 atom stereocenters. The highest BCUT2D eigenvalue weighted by Gasteiger charge is 2.53. The molecule has 6 N–H and O–H groups in total. The van der Waals surface area contributed by atoms with Gasteiger partial charge in [0.15, 0.2) is 18.7 Å². The maximum atomic E-state index is 13.0. The van der Waals surface area contributed by atoms with Crippen LogP contribution in [0.25, 0.3) is 0 Å². The van der Waals surface area contributed by atoms with E-state index in [9.17, 15) is 30.0 Å². The van der Waals surface area contributed by atoms with Crippen molar-refractivity contribution in [3.05, 3.63) is 11.9 Å². The molecular formula is C21H35N5O11. The Bertz CT molecular complexity index is 904. The van der Waals surface area contributed by atoms with Gasteiger partial charge >= 0.3 is 0 Å². The van der Waals surface area contributed by atoms with Gasteiger partial charge < -0.3 is 54.7 Å². The molecule has 1 aromatic heterocycles. The average Bonchev–Trinajstić information content (AvgIpc) is 3.35. The van der Waals surface area contributed by atoms with E-state index in [0.717, 1.165) is 0 Å². The molecule has 0 radical (unpaired) electrons. The van der Waals surface area contributed by atoms with Crippen LogP contribution in [0.15, 0.2) is 6.20 Å². The van der Waals surface area contributed by atoms with E-state index in [4.69, 9.17) is 23.7 Å². The van der Waals surface area contributed by atoms with Crippen LogP contribution in [0.1, 0.15) is 19.5 Å². The van der Waals surface area contributed by atoms with Gasteiger partial charge in [-0.1, -0.05) is 5.21 Å². The Morgan fingerprint density at radius 1 is 1.08 bits per heavy atom. The number of hydrogen-bond acceptors (Lipinski definition) is 13. The molecule has 210 valence electrons. The van der Waals surface area contributed by atoms with Crippen molar-refractivity contribution in [2.24, 2.45) is 0 Å². The molecule has 37 heavy (non-hydrogen) atoms. The average molecular weight is 534 g/mol. The van der Waals surface area contributed by atoms with Crippen molar-refractivity contribution in [1.29, 1.82) is 0 Å². The lowest BCUT2D eigenvalue weighted by atomic mass is 9.95. The number of aliphatic hydroxyl groups is 4. The Balaban J connectivity index is 1.79. The third-order valence-electron chi connectivity index (χ3n) is 6.18. The number of carbonyl (C=O) groups excluding carboxylic acids is 2. The maximum absolute atomic E-state index is 13.0. The molecule has 2 aliphatic rings. The van der Waals surface area contributed by atoms with Crippen LogP contribution in [-0.2, 0) is 46.4 Å². The summed E-state index contributed by atoms with van der Waals surface area (Å²) in [5, 5.41) is 54.8. The Morgan fingerprint density at radius 2 is 1.81 bits per heavy atom. The van der Waals surface area contributed by atoms with Crippen molar-refractivity contribution < 1.29 is 53.7 Å². The molecular weight excluding hydrogens is 498 g/mol. The summed E-state index contributed by atoms with van der Waals surface area (Å²) in [5.74, 6) is -1.19. The van der Waals surface area contributed by atoms with E-state index in [2.05, 4.69) is 20.9 Å². The van der Waals surface area contributed by atoms with Crippen LogP contribution in [-0.4, -0.2) is 129 Å². The van der Waals surface area contributed by atoms with E-state index in [0.29, 0.717) is 12.2 Å². The number of aliphatic hydroxyl groups excluding tert-OH is 4. The van der Waals surface area contributed by atoms with E-state index < -0.39 is 79.8 Å². The second-order valence-electron chi connectivity index (χ2n) is 8.67. The number of aryl methyl sites for hydroxylation is 1. The van der Waals surface area contributed by atoms with Crippen LogP contribution in [0, 0.1) is 0 Å². The smallest absolute Gasteiger partial charge is 0.252 e. The molecule has 0 bridgehead atoms. The highest BCUT2D eigenvalue weighted by Crippen LogP contribution is 2.30. The van der Waals surface area contributed by atoms with Crippen LogP contribution >= 0.6 is 0 Å². The molecule has 3 heterocycles. The van der Waals surface area contributed by atoms with E-state index in [1.807, 2.05) is 6.92 Å². The lowest BCUT2D eigenvalue weighted by molar-refractivity contribution is -0.338. The molecule has 16 heteroatoms. The number of nitrogens with zero attached hydrogens (tertiary/aromatic N) is 3. The van der Waals surface area contributed by atoms with Crippen molar-refractivity contribution in [1.82, 2.24) is 25.6 Å². The minimum Gasteiger partial charge on any atom is -0.394 e. The van der Waals surface area contributed by atoms with Gasteiger partial charge in [-0.15, -0.1) is 5.10 Å². The molecule has 3 rings (SSSR count). The van der Waals surface area contributed by atoms with Crippen molar-refractivity contribution in [2.45, 2.75) is 88.3 Å². The van der Waals surface area contributed by atoms with Crippen LogP contribution in [0.3, 0.4) is 0 Å². The van der Waals surface area contributed by atoms with Gasteiger partial charge in [-0.25, -0.2) is 0 Å². The first kappa shape index (κ1) is 29.3. The van der Waals surface area contributed by atoms with E-state index >= 15 is 0 Å². The molecule has 2 fully saturated rings. The summed E-state index contributed by atoms with van der Waals surface area (Å²) in [6, 6.07) is -1.10. The summed E-state index contributed by atoms with van der Waals surface area (Å²) in [7, 11) is 2.53. The topological polar surface area (TPSA) is 216 Å². The Labute approximate surface area is 212 Å². The third kappa shape index (κ3) is 6.60. The summed E-state index contributed by atoms with van der Waals surface area (Å²) in [4.78, 5) is 24.8. The van der Waals surface area contributed by atoms with Crippen LogP contribution in [0.5, 0.6) is 0 Å². The van der Waals surface area contributed by atoms with Crippen molar-refractivity contribution >= 4 is 11.8 Å². The Kier molecular flexibility index (Phi) is 10.3. The zero-order valence-corrected chi connectivity index (χ0v) is 21.0. The third-order valence-corrected chi connectivity index (χ3v) is 6.18. The predicted octanol–water partition coefficient (Wildman–Crippen LogP) is -4.01. The maximum Gasteiger partial charge on any atom is 0.252 e. The summed E-state index contributed by atoms with van der Waals surface area (Å²) in [6.07, 6.45) is -11.2. The van der Waals surface area contributed by atoms with E-state index in [1.54, 1.807) is 10.9 Å². The van der Waals surface area contributed by atoms with Crippen molar-refractivity contribution in [2.75, 3.05) is 20.8 Å². The van der Waals surface area contributed by atoms with Gasteiger partial charge in [0.05, 0.1) is 19.3 Å². The summed E-state index contributed by atoms with van der Waals surface area (Å²) in [6.45, 7) is 3.11. The highest BCUT2D eigenvalue weighted by atomic mass is 16.7. The normalized spacial score (nSPS) is 36.2. The number of ether oxygens (including phenoxy) is 5. The molecule has 0 saturated carbocycles. The molecule has 1 aromatic rings. The number of methoxy groups -OCH3 is 2. The molecule has 2 aliphatic heterocycles. The standard InChI is InChI=1S/C21H35N5O11/c1-5-26-7-10(24-25-26)6-22-19(32)18-17(33-3)14(30)15(31)21(37-18)36-16-12(23-9(2)28)20(34-4)35-11(8-27)13(16)29/h7,11-18,20-21,27,29-31H,5-6,8H2,1-4H3,(H,22,32)(H,23,28)/t11?,12?,13-,14-,15?,16-,17+,18?,20-,21-/m1/s1. The summed E-state index contributed by atoms with van der Waals surface area (Å²) < 4.78 is 29.1. The summed E-state index contributed by atoms with van der Waals surface area (Å²) >= 11 is 0. The molecule has 0 spiro atoms. The van der Waals surface area contributed by atoms with Crippen molar-refractivity contribution in [3.63, 3.8) is 0 Å². The molecule has 2 saturated heterocycles. The lowest BCUT2D eigenvalue weighted by Crippen LogP contribution is -2.68. The van der Waals surface area contributed by atoms with Gasteiger partial charge in [-0.2, -0.15) is 0 Å². The van der Waals surface area contributed by atoms with Gasteiger partial charge in [0, 0.05) is 27.7 Å². The molecule has 2 amide bonds. The van der Waals surface area contributed by atoms with Gasteiger partial charge in [-0.3, -0.25) is 14.3 Å². The van der Waals surface area contributed by atoms with Gasteiger partial charge in [0.1, 0.15) is 48.4 Å². The van der Waals surface area contributed by atoms with Crippen LogP contribution in [0.2, 0.25) is 0 Å². The van der Waals surface area contributed by atoms with Crippen molar-refractivity contribution in [3.8, 4) is 0 Å². The molecule has 4 unspecified atom stereocenters. The first-order valence-electron chi connectivity index (χ1n) is 11.8. The van der Waals surface area contributed by atoms with Crippen LogP contribution < -0.4 is 10.6 Å². The number of amides is 2. The first-order valence-corrected chi connectivity index (χ1v) is 11.8. The fraction of sp³-hybridized carbons (Fsp3) is 0.810. The van der Waals surface area contributed by atoms with Gasteiger partial charge in [-0.05, 0) is 6.92 Å². The molecule has 0 aromatic carbocycles. The fourth-order valence-corrected chi connectivity index (χ4v) is 4.25. The second-order valence-corrected chi connectivity index (χ2v) is 8.67. The minimum atomic E-state index is -1.71. The zero-order chi connectivity index (χ0) is 27.3. The monoisotopic (exact) mass is 533 g/mol. The summed E-state index contributed by atoms with van der Waals surface area (Å²) in [5.41, 5.74) is 0.484. The fourth-order valence-electron chi connectivity index (χ4n) is 4.25. The Morgan fingerprint density at radius 3 is 2.38 bits per heavy atom. The number of aromatic nitrogens is 3. The predicted molar refractivity (Wildman–Crippen MR) is 120 cm³/mol. The lowest BCUT2D eigenvalue weighted by Gasteiger charge is -2.47. The Hall–Kier alpha value is -2.28. The number of hydrogen-bond donors (Lipinski definition) is 6. The minimum absolute atomic E-state index is 0.0102. The quantitative estimate of drug-likeness (QED) is 0.169. The number of rotatable bonds is 10. The number of carbonyl (C=O) groups is 2. The molecule has 0 aliphatic carbocycles. The zero-order valence-electron chi connectivity index (χ0n) is 21.0. The van der Waals surface area contributed by atoms with E-state index in [1.165, 1.54) is 21.1 Å². The SMILES string of the molecule is CCn1cc(CNC(=O)C2O[C@@H](O[C@@H]3C(NC(C)=O)[C@H](OC)OC(CO)[C@H]3O)C(O)[C@@H](O)[C@@H]2OC)nn1. The number of nitrogens with one attached hydrogen (secondary N) is 2. The van der Waals surface area contributed by atoms with Crippen LogP contribution in [0.4, 0.5) is 0 Å².